The molecule has 0 atom stereocenters. The highest BCUT2D eigenvalue weighted by molar-refractivity contribution is 9.10. The maximum absolute atomic E-state index is 12.4. The van der Waals surface area contributed by atoms with Gasteiger partial charge in [0.05, 0.1) is 0 Å². The summed E-state index contributed by atoms with van der Waals surface area (Å²) in [6.45, 7) is 6.76. The lowest BCUT2D eigenvalue weighted by atomic mass is 9.92. The zero-order valence-corrected chi connectivity index (χ0v) is 12.2. The van der Waals surface area contributed by atoms with Gasteiger partial charge in [0, 0.05) is 22.1 Å². The molecule has 1 aliphatic heterocycles. The molecule has 1 heterocycles. The van der Waals surface area contributed by atoms with Gasteiger partial charge in [-0.05, 0) is 36.6 Å². The highest BCUT2D eigenvalue weighted by atomic mass is 79.9. The van der Waals surface area contributed by atoms with Gasteiger partial charge >= 0.3 is 0 Å². The summed E-state index contributed by atoms with van der Waals surface area (Å²) >= 11 is 3.48. The Morgan fingerprint density at radius 2 is 2.06 bits per heavy atom. The number of hydrogen-bond acceptors (Lipinski definition) is 1. The Labute approximate surface area is 111 Å². The standard InChI is InChI=1S/C14H18BrNO/c1-14(2,3)13(17)16-8-4-5-10-9-11(15)6-7-12(10)16/h6-7,9H,4-5,8H2,1-3H3. The molecule has 0 bridgehead atoms. The van der Waals surface area contributed by atoms with E-state index in [1.807, 2.05) is 37.8 Å². The van der Waals surface area contributed by atoms with Crippen molar-refractivity contribution in [1.82, 2.24) is 0 Å². The van der Waals surface area contributed by atoms with Crippen LogP contribution in [0.4, 0.5) is 5.69 Å². The van der Waals surface area contributed by atoms with E-state index in [-0.39, 0.29) is 11.3 Å². The second kappa shape index (κ2) is 4.45. The summed E-state index contributed by atoms with van der Waals surface area (Å²) in [6, 6.07) is 6.17. The first-order valence-corrected chi connectivity index (χ1v) is 6.79. The van der Waals surface area contributed by atoms with Gasteiger partial charge in [-0.25, -0.2) is 0 Å². The van der Waals surface area contributed by atoms with Crippen molar-refractivity contribution in [3.63, 3.8) is 0 Å². The maximum Gasteiger partial charge on any atom is 0.232 e. The monoisotopic (exact) mass is 295 g/mol. The Morgan fingerprint density at radius 1 is 1.35 bits per heavy atom. The summed E-state index contributed by atoms with van der Waals surface area (Å²) in [5.74, 6) is 0.209. The minimum absolute atomic E-state index is 0.209. The Morgan fingerprint density at radius 3 is 2.71 bits per heavy atom. The van der Waals surface area contributed by atoms with Gasteiger partial charge in [0.25, 0.3) is 0 Å². The van der Waals surface area contributed by atoms with Crippen LogP contribution < -0.4 is 4.90 Å². The molecule has 2 nitrogen and oxygen atoms in total. The smallest absolute Gasteiger partial charge is 0.232 e. The topological polar surface area (TPSA) is 20.3 Å². The van der Waals surface area contributed by atoms with Crippen LogP contribution in [0.15, 0.2) is 22.7 Å². The third-order valence-electron chi connectivity index (χ3n) is 3.05. The fraction of sp³-hybridized carbons (Fsp3) is 0.500. The first-order chi connectivity index (χ1) is 7.89. The summed E-state index contributed by atoms with van der Waals surface area (Å²) in [7, 11) is 0. The van der Waals surface area contributed by atoms with E-state index in [0.717, 1.165) is 29.5 Å². The minimum Gasteiger partial charge on any atom is -0.312 e. The quantitative estimate of drug-likeness (QED) is 0.713. The number of halogens is 1. The summed E-state index contributed by atoms with van der Waals surface area (Å²) in [5, 5.41) is 0. The Bertz CT molecular complexity index is 448. The predicted octanol–water partition coefficient (Wildman–Crippen LogP) is 3.77. The van der Waals surface area contributed by atoms with E-state index in [0.29, 0.717) is 0 Å². The molecule has 92 valence electrons. The lowest BCUT2D eigenvalue weighted by molar-refractivity contribution is -0.125. The molecule has 1 aromatic rings. The van der Waals surface area contributed by atoms with Crippen LogP contribution in [-0.2, 0) is 11.2 Å². The molecular formula is C14H18BrNO. The molecule has 0 fully saturated rings. The molecule has 0 unspecified atom stereocenters. The van der Waals surface area contributed by atoms with E-state index in [2.05, 4.69) is 22.0 Å². The second-order valence-electron chi connectivity index (χ2n) is 5.58. The van der Waals surface area contributed by atoms with Gasteiger partial charge in [0.1, 0.15) is 0 Å². The fourth-order valence-electron chi connectivity index (χ4n) is 2.18. The van der Waals surface area contributed by atoms with Gasteiger partial charge in [-0.2, -0.15) is 0 Å². The molecule has 0 radical (unpaired) electrons. The molecule has 0 N–H and O–H groups in total. The number of aryl methyl sites for hydroxylation is 1. The number of carbonyl (C=O) groups excluding carboxylic acids is 1. The van der Waals surface area contributed by atoms with Gasteiger partial charge in [0.15, 0.2) is 0 Å². The maximum atomic E-state index is 12.4. The summed E-state index contributed by atoms with van der Waals surface area (Å²) < 4.78 is 1.08. The van der Waals surface area contributed by atoms with Crippen molar-refractivity contribution in [1.29, 1.82) is 0 Å². The average molecular weight is 296 g/mol. The summed E-state index contributed by atoms with van der Waals surface area (Å²) in [6.07, 6.45) is 2.11. The zero-order chi connectivity index (χ0) is 12.6. The number of amides is 1. The highest BCUT2D eigenvalue weighted by Gasteiger charge is 2.30. The van der Waals surface area contributed by atoms with Crippen LogP contribution in [0.2, 0.25) is 0 Å². The van der Waals surface area contributed by atoms with Crippen molar-refractivity contribution in [2.75, 3.05) is 11.4 Å². The average Bonchev–Trinajstić information content (AvgIpc) is 2.25. The zero-order valence-electron chi connectivity index (χ0n) is 10.6. The molecule has 2 rings (SSSR count). The number of hydrogen-bond donors (Lipinski definition) is 0. The molecule has 0 saturated carbocycles. The molecule has 1 amide bonds. The molecule has 0 spiro atoms. The predicted molar refractivity (Wildman–Crippen MR) is 74.3 cm³/mol. The Kier molecular flexibility index (Phi) is 3.30. The number of fused-ring (bicyclic) bond motifs is 1. The molecule has 1 aromatic carbocycles. The molecule has 0 aromatic heterocycles. The number of anilines is 1. The number of rotatable bonds is 0. The van der Waals surface area contributed by atoms with E-state index in [4.69, 9.17) is 0 Å². The van der Waals surface area contributed by atoms with Gasteiger partial charge in [-0.1, -0.05) is 36.7 Å². The number of nitrogens with zero attached hydrogens (tertiary/aromatic N) is 1. The molecule has 17 heavy (non-hydrogen) atoms. The lowest BCUT2D eigenvalue weighted by Gasteiger charge is -2.34. The summed E-state index contributed by atoms with van der Waals surface area (Å²) in [5.41, 5.74) is 2.03. The van der Waals surface area contributed by atoms with E-state index >= 15 is 0 Å². The van der Waals surface area contributed by atoms with E-state index < -0.39 is 0 Å². The number of carbonyl (C=O) groups is 1. The van der Waals surface area contributed by atoms with Crippen LogP contribution in [-0.4, -0.2) is 12.5 Å². The van der Waals surface area contributed by atoms with Gasteiger partial charge in [-0.3, -0.25) is 4.79 Å². The minimum atomic E-state index is -0.318. The highest BCUT2D eigenvalue weighted by Crippen LogP contribution is 2.32. The lowest BCUT2D eigenvalue weighted by Crippen LogP contribution is -2.42. The van der Waals surface area contributed by atoms with Crippen molar-refractivity contribution in [2.24, 2.45) is 5.41 Å². The Balaban J connectivity index is 2.39. The van der Waals surface area contributed by atoms with Crippen molar-refractivity contribution in [2.45, 2.75) is 33.6 Å². The third-order valence-corrected chi connectivity index (χ3v) is 3.54. The van der Waals surface area contributed by atoms with Gasteiger partial charge in [-0.15, -0.1) is 0 Å². The van der Waals surface area contributed by atoms with Crippen LogP contribution in [0.3, 0.4) is 0 Å². The van der Waals surface area contributed by atoms with Crippen LogP contribution in [0.5, 0.6) is 0 Å². The molecular weight excluding hydrogens is 278 g/mol. The van der Waals surface area contributed by atoms with Crippen LogP contribution in [0.25, 0.3) is 0 Å². The van der Waals surface area contributed by atoms with Gasteiger partial charge < -0.3 is 4.90 Å². The largest absolute Gasteiger partial charge is 0.312 e. The first kappa shape index (κ1) is 12.6. The van der Waals surface area contributed by atoms with E-state index in [9.17, 15) is 4.79 Å². The second-order valence-corrected chi connectivity index (χ2v) is 6.50. The van der Waals surface area contributed by atoms with Crippen molar-refractivity contribution >= 4 is 27.5 Å². The normalized spacial score (nSPS) is 15.6. The number of benzene rings is 1. The Hall–Kier alpha value is -0.830. The van der Waals surface area contributed by atoms with Crippen molar-refractivity contribution in [3.05, 3.63) is 28.2 Å². The van der Waals surface area contributed by atoms with Crippen molar-refractivity contribution < 1.29 is 4.79 Å². The fourth-order valence-corrected chi connectivity index (χ4v) is 2.59. The molecule has 1 aliphatic rings. The summed E-state index contributed by atoms with van der Waals surface area (Å²) in [4.78, 5) is 14.3. The SMILES string of the molecule is CC(C)(C)C(=O)N1CCCc2cc(Br)ccc21. The van der Waals surface area contributed by atoms with Crippen molar-refractivity contribution in [3.8, 4) is 0 Å². The van der Waals surface area contributed by atoms with Crippen LogP contribution >= 0.6 is 15.9 Å². The third kappa shape index (κ3) is 2.54. The van der Waals surface area contributed by atoms with Crippen LogP contribution in [0.1, 0.15) is 32.8 Å². The molecule has 0 aliphatic carbocycles. The van der Waals surface area contributed by atoms with Gasteiger partial charge in [0.2, 0.25) is 5.91 Å². The molecule has 0 saturated heterocycles. The first-order valence-electron chi connectivity index (χ1n) is 6.00. The van der Waals surface area contributed by atoms with E-state index in [1.54, 1.807) is 0 Å². The molecule has 3 heteroatoms. The van der Waals surface area contributed by atoms with E-state index in [1.165, 1.54) is 5.56 Å². The van der Waals surface area contributed by atoms with Crippen LogP contribution in [0, 0.1) is 5.41 Å².